The van der Waals surface area contributed by atoms with Crippen LogP contribution in [-0.4, -0.2) is 63.0 Å². The van der Waals surface area contributed by atoms with Crippen LogP contribution in [0.5, 0.6) is 0 Å². The average Bonchev–Trinajstić information content (AvgIpc) is 2.79. The highest BCUT2D eigenvalue weighted by molar-refractivity contribution is 5.92. The van der Waals surface area contributed by atoms with Crippen molar-refractivity contribution in [1.82, 2.24) is 30.2 Å². The Bertz CT molecular complexity index is 1210. The molecule has 1 saturated carbocycles. The van der Waals surface area contributed by atoms with E-state index in [0.717, 1.165) is 43.7 Å². The third kappa shape index (κ3) is 3.62. The van der Waals surface area contributed by atoms with Crippen LogP contribution < -0.4 is 15.8 Å². The molecule has 0 spiro atoms. The number of hydrogen-bond donors (Lipinski definition) is 2. The molecule has 3 aromatic heterocycles. The Labute approximate surface area is 185 Å². The molecule has 1 unspecified atom stereocenters. The zero-order valence-electron chi connectivity index (χ0n) is 18.3. The molecule has 0 radical (unpaired) electrons. The molecule has 5 rings (SSSR count). The maximum Gasteiger partial charge on any atom is 0.270 e. The fourth-order valence-corrected chi connectivity index (χ4v) is 4.77. The minimum Gasteiger partial charge on any atom is -0.364 e. The van der Waals surface area contributed by atoms with E-state index in [4.69, 9.17) is 0 Å². The molecule has 9 heteroatoms. The SMILES string of the molecule is CCc1nc2ncc(CN3CCN(c4ccc(C(=O)NC)nc4)[C@@H]4CCC43)cc2[nH]c1=O. The number of aromatic amines is 1. The highest BCUT2D eigenvalue weighted by Crippen LogP contribution is 2.37. The average molecular weight is 434 g/mol. The van der Waals surface area contributed by atoms with Gasteiger partial charge in [0.15, 0.2) is 5.65 Å². The van der Waals surface area contributed by atoms with E-state index in [2.05, 4.69) is 35.1 Å². The van der Waals surface area contributed by atoms with Crippen LogP contribution in [0, 0.1) is 0 Å². The van der Waals surface area contributed by atoms with Crippen molar-refractivity contribution in [3.63, 3.8) is 0 Å². The first-order valence-electron chi connectivity index (χ1n) is 11.1. The van der Waals surface area contributed by atoms with E-state index in [-0.39, 0.29) is 11.5 Å². The van der Waals surface area contributed by atoms with Crippen LogP contribution in [0.3, 0.4) is 0 Å². The number of pyridine rings is 2. The number of aryl methyl sites for hydroxylation is 1. The van der Waals surface area contributed by atoms with E-state index in [0.29, 0.717) is 41.1 Å². The van der Waals surface area contributed by atoms with Crippen LogP contribution in [0.1, 0.15) is 41.5 Å². The zero-order valence-corrected chi connectivity index (χ0v) is 18.3. The standard InChI is InChI=1S/C23H27N7O2/c1-3-16-23(32)28-18-10-14(11-26-21(18)27-16)13-29-8-9-30(20-7-6-19(20)29)15-4-5-17(25-12-15)22(31)24-2/h4-5,10-12,19-20H,3,6-9,13H2,1-2H3,(H,24,31)(H,28,32)/t19?,20-/m1/s1. The van der Waals surface area contributed by atoms with Crippen molar-refractivity contribution in [2.75, 3.05) is 25.0 Å². The Morgan fingerprint density at radius 2 is 2.03 bits per heavy atom. The third-order valence-electron chi connectivity index (χ3n) is 6.63. The summed E-state index contributed by atoms with van der Waals surface area (Å²) in [7, 11) is 1.61. The minimum atomic E-state index is -0.172. The van der Waals surface area contributed by atoms with Crippen molar-refractivity contribution < 1.29 is 4.79 Å². The van der Waals surface area contributed by atoms with Crippen LogP contribution >= 0.6 is 0 Å². The molecule has 3 aromatic rings. The molecule has 4 heterocycles. The number of piperazine rings is 1. The van der Waals surface area contributed by atoms with Crippen molar-refractivity contribution in [3.8, 4) is 0 Å². The number of amides is 1. The van der Waals surface area contributed by atoms with Crippen LogP contribution in [-0.2, 0) is 13.0 Å². The Balaban J connectivity index is 1.30. The number of aromatic nitrogens is 4. The second kappa shape index (κ2) is 8.31. The van der Waals surface area contributed by atoms with Gasteiger partial charge in [-0.05, 0) is 43.0 Å². The van der Waals surface area contributed by atoms with Crippen molar-refractivity contribution in [2.45, 2.75) is 44.8 Å². The first kappa shape index (κ1) is 20.6. The van der Waals surface area contributed by atoms with Crippen LogP contribution in [0.4, 0.5) is 5.69 Å². The Morgan fingerprint density at radius 3 is 2.72 bits per heavy atom. The van der Waals surface area contributed by atoms with Crippen molar-refractivity contribution in [1.29, 1.82) is 0 Å². The Morgan fingerprint density at radius 1 is 1.19 bits per heavy atom. The maximum atomic E-state index is 12.1. The first-order chi connectivity index (χ1) is 15.6. The Kier molecular flexibility index (Phi) is 5.34. The molecule has 0 bridgehead atoms. The van der Waals surface area contributed by atoms with Gasteiger partial charge in [-0.15, -0.1) is 0 Å². The van der Waals surface area contributed by atoms with Gasteiger partial charge in [0.25, 0.3) is 11.5 Å². The zero-order chi connectivity index (χ0) is 22.2. The summed E-state index contributed by atoms with van der Waals surface area (Å²) in [4.78, 5) is 44.9. The molecule has 2 aliphatic rings. The lowest BCUT2D eigenvalue weighted by molar-refractivity contribution is 0.0658. The summed E-state index contributed by atoms with van der Waals surface area (Å²) in [6.45, 7) is 4.55. The second-order valence-electron chi connectivity index (χ2n) is 8.44. The molecule has 32 heavy (non-hydrogen) atoms. The molecular weight excluding hydrogens is 406 g/mol. The number of hydrogen-bond acceptors (Lipinski definition) is 7. The van der Waals surface area contributed by atoms with Crippen LogP contribution in [0.25, 0.3) is 11.2 Å². The highest BCUT2D eigenvalue weighted by atomic mass is 16.1. The smallest absolute Gasteiger partial charge is 0.270 e. The van der Waals surface area contributed by atoms with Crippen molar-refractivity contribution in [2.24, 2.45) is 0 Å². The fraction of sp³-hybridized carbons (Fsp3) is 0.435. The number of carbonyl (C=O) groups is 1. The summed E-state index contributed by atoms with van der Waals surface area (Å²) >= 11 is 0. The molecule has 166 valence electrons. The van der Waals surface area contributed by atoms with Gasteiger partial charge >= 0.3 is 0 Å². The van der Waals surface area contributed by atoms with E-state index < -0.39 is 0 Å². The number of carbonyl (C=O) groups excluding carboxylic acids is 1. The number of anilines is 1. The summed E-state index contributed by atoms with van der Waals surface area (Å²) in [5, 5.41) is 2.61. The first-order valence-corrected chi connectivity index (χ1v) is 11.1. The molecule has 1 aliphatic carbocycles. The Hall–Kier alpha value is -3.33. The van der Waals surface area contributed by atoms with Gasteiger partial charge in [0.05, 0.1) is 17.4 Å². The fourth-order valence-electron chi connectivity index (χ4n) is 4.77. The van der Waals surface area contributed by atoms with E-state index >= 15 is 0 Å². The molecule has 1 aliphatic heterocycles. The molecule has 2 fully saturated rings. The molecule has 2 atom stereocenters. The van der Waals surface area contributed by atoms with Gasteiger partial charge in [0, 0.05) is 45.0 Å². The lowest BCUT2D eigenvalue weighted by Gasteiger charge is -2.54. The van der Waals surface area contributed by atoms with Gasteiger partial charge in [-0.25, -0.2) is 15.0 Å². The molecule has 1 amide bonds. The number of nitrogens with zero attached hydrogens (tertiary/aromatic N) is 5. The predicted octanol–water partition coefficient (Wildman–Crippen LogP) is 1.49. The lowest BCUT2D eigenvalue weighted by Crippen LogP contribution is -2.64. The summed E-state index contributed by atoms with van der Waals surface area (Å²) < 4.78 is 0. The largest absolute Gasteiger partial charge is 0.364 e. The monoisotopic (exact) mass is 433 g/mol. The predicted molar refractivity (Wildman–Crippen MR) is 122 cm³/mol. The number of nitrogens with one attached hydrogen (secondary N) is 2. The molecular formula is C23H27N7O2. The highest BCUT2D eigenvalue weighted by Gasteiger charge is 2.42. The van der Waals surface area contributed by atoms with E-state index in [9.17, 15) is 9.59 Å². The van der Waals surface area contributed by atoms with Gasteiger partial charge in [-0.3, -0.25) is 14.5 Å². The summed E-state index contributed by atoms with van der Waals surface area (Å²) in [6, 6.07) is 6.69. The van der Waals surface area contributed by atoms with Crippen LogP contribution in [0.15, 0.2) is 35.4 Å². The van der Waals surface area contributed by atoms with E-state index in [1.54, 1.807) is 19.3 Å². The quantitative estimate of drug-likeness (QED) is 0.628. The number of rotatable bonds is 5. The van der Waals surface area contributed by atoms with Gasteiger partial charge in [0.2, 0.25) is 0 Å². The van der Waals surface area contributed by atoms with E-state index in [1.807, 2.05) is 25.3 Å². The van der Waals surface area contributed by atoms with Crippen LogP contribution in [0.2, 0.25) is 0 Å². The molecule has 2 N–H and O–H groups in total. The number of H-pyrrole nitrogens is 1. The second-order valence-corrected chi connectivity index (χ2v) is 8.44. The summed E-state index contributed by atoms with van der Waals surface area (Å²) in [6.07, 6.45) is 6.56. The maximum absolute atomic E-state index is 12.1. The van der Waals surface area contributed by atoms with Gasteiger partial charge in [0.1, 0.15) is 11.4 Å². The molecule has 9 nitrogen and oxygen atoms in total. The normalized spacial score (nSPS) is 20.6. The van der Waals surface area contributed by atoms with Crippen molar-refractivity contribution >= 4 is 22.8 Å². The molecule has 1 saturated heterocycles. The lowest BCUT2D eigenvalue weighted by atomic mass is 9.81. The van der Waals surface area contributed by atoms with E-state index in [1.165, 1.54) is 0 Å². The van der Waals surface area contributed by atoms with Gasteiger partial charge < -0.3 is 15.2 Å². The van der Waals surface area contributed by atoms with Gasteiger partial charge in [-0.1, -0.05) is 6.92 Å². The summed E-state index contributed by atoms with van der Waals surface area (Å²) in [5.74, 6) is -0.172. The van der Waals surface area contributed by atoms with Crippen molar-refractivity contribution in [3.05, 3.63) is 57.9 Å². The van der Waals surface area contributed by atoms with Gasteiger partial charge in [-0.2, -0.15) is 0 Å². The molecule has 0 aromatic carbocycles. The topological polar surface area (TPSA) is 107 Å². The summed E-state index contributed by atoms with van der Waals surface area (Å²) in [5.41, 5.74) is 4.23. The number of fused-ring (bicyclic) bond motifs is 2. The third-order valence-corrected chi connectivity index (χ3v) is 6.63. The minimum absolute atomic E-state index is 0.136.